The van der Waals surface area contributed by atoms with Crippen molar-refractivity contribution in [1.82, 2.24) is 10.9 Å². The lowest BCUT2D eigenvalue weighted by Gasteiger charge is -2.25. The second-order valence-electron chi connectivity index (χ2n) is 6.99. The molecular weight excluding hydrogens is 400 g/mol. The topological polar surface area (TPSA) is 90.5 Å². The lowest BCUT2D eigenvalue weighted by molar-refractivity contribution is -0.129. The lowest BCUT2D eigenvalue weighted by Crippen LogP contribution is -2.42. The minimum Gasteiger partial charge on any atom is -0.325 e. The molecule has 1 aromatic carbocycles. The van der Waals surface area contributed by atoms with Gasteiger partial charge in [0.05, 0.1) is 10.5 Å². The number of piperidine rings is 1. The van der Waals surface area contributed by atoms with Crippen LogP contribution in [-0.2, 0) is 14.4 Å². The molecule has 0 aromatic heterocycles. The predicted molar refractivity (Wildman–Crippen MR) is 103 cm³/mol. The maximum Gasteiger partial charge on any atom is 0.244 e. The Morgan fingerprint density at radius 3 is 2.31 bits per heavy atom. The highest BCUT2D eigenvalue weighted by molar-refractivity contribution is 9.09. The molecule has 3 amide bonds. The molecule has 3 N–H and O–H groups in total. The first-order valence-electron chi connectivity index (χ1n) is 8.80. The van der Waals surface area contributed by atoms with E-state index in [0.717, 1.165) is 0 Å². The number of anilines is 2. The van der Waals surface area contributed by atoms with Crippen molar-refractivity contribution < 1.29 is 14.4 Å². The van der Waals surface area contributed by atoms with Crippen LogP contribution in [0.15, 0.2) is 24.3 Å². The van der Waals surface area contributed by atoms with Gasteiger partial charge >= 0.3 is 0 Å². The van der Waals surface area contributed by atoms with Gasteiger partial charge < -0.3 is 5.32 Å². The lowest BCUT2D eigenvalue weighted by atomic mass is 9.99. The number of alkyl halides is 1. The van der Waals surface area contributed by atoms with Gasteiger partial charge in [0.1, 0.15) is 6.04 Å². The van der Waals surface area contributed by atoms with Crippen molar-refractivity contribution in [1.29, 1.82) is 0 Å². The summed E-state index contributed by atoms with van der Waals surface area (Å²) >= 11 is 3.60. The zero-order valence-electron chi connectivity index (χ0n) is 14.8. The molecule has 26 heavy (non-hydrogen) atoms. The largest absolute Gasteiger partial charge is 0.325 e. The number of halogens is 1. The van der Waals surface area contributed by atoms with Crippen LogP contribution in [0.3, 0.4) is 0 Å². The van der Waals surface area contributed by atoms with Crippen molar-refractivity contribution in [3.8, 4) is 0 Å². The SMILES string of the molecule is CC(C)C1NNC(C(=O)Nc2ccc(N3C(=O)CCCC3=O)cc2)C1Br. The summed E-state index contributed by atoms with van der Waals surface area (Å²) in [6.45, 7) is 4.19. The highest BCUT2D eigenvalue weighted by atomic mass is 79.9. The molecule has 7 nitrogen and oxygen atoms in total. The van der Waals surface area contributed by atoms with Crippen LogP contribution in [0.25, 0.3) is 0 Å². The molecule has 2 heterocycles. The van der Waals surface area contributed by atoms with E-state index in [1.807, 2.05) is 0 Å². The van der Waals surface area contributed by atoms with Crippen LogP contribution < -0.4 is 21.1 Å². The summed E-state index contributed by atoms with van der Waals surface area (Å²) in [5.41, 5.74) is 7.33. The Bertz CT molecular complexity index is 691. The number of imide groups is 1. The molecule has 0 aliphatic carbocycles. The maximum atomic E-state index is 12.5. The first-order valence-corrected chi connectivity index (χ1v) is 9.72. The fourth-order valence-corrected chi connectivity index (χ4v) is 4.37. The molecule has 2 aliphatic rings. The number of hydrogen-bond donors (Lipinski definition) is 3. The van der Waals surface area contributed by atoms with Crippen LogP contribution in [0.1, 0.15) is 33.1 Å². The molecule has 3 rings (SSSR count). The highest BCUT2D eigenvalue weighted by Crippen LogP contribution is 2.25. The number of rotatable bonds is 4. The van der Waals surface area contributed by atoms with Crippen LogP contribution in [0.2, 0.25) is 0 Å². The third kappa shape index (κ3) is 3.82. The molecule has 0 saturated carbocycles. The summed E-state index contributed by atoms with van der Waals surface area (Å²) in [5, 5.41) is 2.87. The van der Waals surface area contributed by atoms with Crippen molar-refractivity contribution in [2.24, 2.45) is 5.92 Å². The number of nitrogens with one attached hydrogen (secondary N) is 3. The van der Waals surface area contributed by atoms with Crippen LogP contribution in [-0.4, -0.2) is 34.6 Å². The molecule has 8 heteroatoms. The Hall–Kier alpha value is -1.77. The van der Waals surface area contributed by atoms with Crippen LogP contribution >= 0.6 is 15.9 Å². The van der Waals surface area contributed by atoms with Gasteiger partial charge in [0.15, 0.2) is 0 Å². The molecule has 0 bridgehead atoms. The van der Waals surface area contributed by atoms with E-state index in [0.29, 0.717) is 36.6 Å². The molecule has 2 saturated heterocycles. The van der Waals surface area contributed by atoms with Crippen molar-refractivity contribution in [2.45, 2.75) is 50.0 Å². The van der Waals surface area contributed by atoms with Gasteiger partial charge in [-0.25, -0.2) is 5.43 Å². The number of hydrazine groups is 1. The van der Waals surface area contributed by atoms with E-state index in [1.165, 1.54) is 4.90 Å². The van der Waals surface area contributed by atoms with Gasteiger partial charge in [-0.05, 0) is 36.6 Å². The second-order valence-corrected chi connectivity index (χ2v) is 8.05. The molecular formula is C18H23BrN4O3. The molecule has 3 atom stereocenters. The fourth-order valence-electron chi connectivity index (χ4n) is 3.25. The fraction of sp³-hybridized carbons (Fsp3) is 0.500. The monoisotopic (exact) mass is 422 g/mol. The quantitative estimate of drug-likeness (QED) is 0.509. The average molecular weight is 423 g/mol. The minimum atomic E-state index is -0.396. The first kappa shape index (κ1) is 19.0. The average Bonchev–Trinajstić information content (AvgIpc) is 2.98. The van der Waals surface area contributed by atoms with Crippen LogP contribution in [0.5, 0.6) is 0 Å². The van der Waals surface area contributed by atoms with E-state index in [9.17, 15) is 14.4 Å². The molecule has 2 fully saturated rings. The van der Waals surface area contributed by atoms with Gasteiger partial charge in [0.2, 0.25) is 17.7 Å². The van der Waals surface area contributed by atoms with E-state index in [2.05, 4.69) is 45.9 Å². The summed E-state index contributed by atoms with van der Waals surface area (Å²) in [6, 6.07) is 6.53. The molecule has 1 aromatic rings. The van der Waals surface area contributed by atoms with Gasteiger partial charge in [0, 0.05) is 24.6 Å². The van der Waals surface area contributed by atoms with E-state index >= 15 is 0 Å². The Morgan fingerprint density at radius 1 is 1.15 bits per heavy atom. The number of nitrogens with zero attached hydrogens (tertiary/aromatic N) is 1. The number of carbonyl (C=O) groups is 3. The molecule has 0 spiro atoms. The standard InChI is InChI=1S/C18H23BrN4O3/c1-10(2)16-15(19)17(22-21-16)18(26)20-11-6-8-12(9-7-11)23-13(24)4-3-5-14(23)25/h6-10,15-17,21-22H,3-5H2,1-2H3,(H,20,26). The Labute approximate surface area is 161 Å². The minimum absolute atomic E-state index is 0.0228. The van der Waals surface area contributed by atoms with E-state index in [1.54, 1.807) is 24.3 Å². The predicted octanol–water partition coefficient (Wildman–Crippen LogP) is 1.93. The van der Waals surface area contributed by atoms with E-state index in [4.69, 9.17) is 0 Å². The Kier molecular flexibility index (Phi) is 5.74. The van der Waals surface area contributed by atoms with Gasteiger partial charge in [-0.1, -0.05) is 29.8 Å². The molecule has 0 radical (unpaired) electrons. The number of benzene rings is 1. The molecule has 3 unspecified atom stereocenters. The maximum absolute atomic E-state index is 12.5. The van der Waals surface area contributed by atoms with Crippen molar-refractivity contribution in [3.05, 3.63) is 24.3 Å². The normalized spacial score (nSPS) is 26.5. The summed E-state index contributed by atoms with van der Waals surface area (Å²) in [5.74, 6) is -0.133. The Morgan fingerprint density at radius 2 is 1.77 bits per heavy atom. The smallest absolute Gasteiger partial charge is 0.244 e. The van der Waals surface area contributed by atoms with Gasteiger partial charge in [-0.3, -0.25) is 24.7 Å². The molecule has 140 valence electrons. The summed E-state index contributed by atoms with van der Waals surface area (Å²) in [7, 11) is 0. The summed E-state index contributed by atoms with van der Waals surface area (Å²) < 4.78 is 0. The number of carbonyl (C=O) groups excluding carboxylic acids is 3. The van der Waals surface area contributed by atoms with Crippen molar-refractivity contribution in [3.63, 3.8) is 0 Å². The Balaban J connectivity index is 1.65. The third-order valence-corrected chi connectivity index (χ3v) is 5.84. The molecule has 2 aliphatic heterocycles. The zero-order chi connectivity index (χ0) is 18.8. The van der Waals surface area contributed by atoms with Crippen LogP contribution in [0, 0.1) is 5.92 Å². The summed E-state index contributed by atoms with van der Waals surface area (Å²) in [4.78, 5) is 37.7. The van der Waals surface area contributed by atoms with Crippen molar-refractivity contribution in [2.75, 3.05) is 10.2 Å². The van der Waals surface area contributed by atoms with E-state index < -0.39 is 6.04 Å². The summed E-state index contributed by atoms with van der Waals surface area (Å²) in [6.07, 6.45) is 1.37. The first-order chi connectivity index (χ1) is 12.4. The number of amides is 3. The second kappa shape index (κ2) is 7.85. The zero-order valence-corrected chi connectivity index (χ0v) is 16.4. The van der Waals surface area contributed by atoms with Gasteiger partial charge in [0.25, 0.3) is 0 Å². The highest BCUT2D eigenvalue weighted by Gasteiger charge is 2.39. The van der Waals surface area contributed by atoms with E-state index in [-0.39, 0.29) is 28.6 Å². The number of hydrogen-bond acceptors (Lipinski definition) is 5. The van der Waals surface area contributed by atoms with Crippen molar-refractivity contribution >= 4 is 45.0 Å². The van der Waals surface area contributed by atoms with Gasteiger partial charge in [-0.15, -0.1) is 0 Å². The third-order valence-electron chi connectivity index (χ3n) is 4.74. The van der Waals surface area contributed by atoms with Gasteiger partial charge in [-0.2, -0.15) is 0 Å². The van der Waals surface area contributed by atoms with Crippen LogP contribution in [0.4, 0.5) is 11.4 Å².